The molecule has 0 fully saturated rings. The zero-order valence-corrected chi connectivity index (χ0v) is 22.2. The van der Waals surface area contributed by atoms with Gasteiger partial charge in [0.2, 0.25) is 0 Å². The number of nitrogens with one attached hydrogen (secondary N) is 3. The van der Waals surface area contributed by atoms with Crippen LogP contribution >= 0.6 is 47.0 Å². The molecule has 1 aromatic heterocycles. The van der Waals surface area contributed by atoms with E-state index in [1.54, 1.807) is 66.7 Å². The minimum atomic E-state index is -0.558. The first kappa shape index (κ1) is 26.5. The van der Waals surface area contributed by atoms with Crippen LogP contribution in [0.5, 0.6) is 5.75 Å². The van der Waals surface area contributed by atoms with Crippen LogP contribution in [0.15, 0.2) is 77.2 Å². The van der Waals surface area contributed by atoms with Crippen LogP contribution in [-0.4, -0.2) is 24.0 Å². The summed E-state index contributed by atoms with van der Waals surface area (Å²) in [6, 6.07) is 19.9. The molecule has 0 unspecified atom stereocenters. The Labute approximate surface area is 232 Å². The van der Waals surface area contributed by atoms with E-state index < -0.39 is 5.91 Å². The van der Waals surface area contributed by atoms with Crippen molar-refractivity contribution in [2.75, 3.05) is 17.7 Å². The molecule has 0 aliphatic heterocycles. The van der Waals surface area contributed by atoms with Crippen molar-refractivity contribution in [2.24, 2.45) is 0 Å². The standard InChI is InChI=1S/C26H18Cl3N3O4S/c1-35-22-13-14(9-10-19(22)31-24(33)15-5-2-3-7-17(15)27)30-26(37)32-25(34)21-12-11-20(36-21)16-6-4-8-18(28)23(16)29/h2-13H,1H3,(H,31,33)(H2,30,32,34,37). The third-order valence-corrected chi connectivity index (χ3v) is 6.45. The van der Waals surface area contributed by atoms with Gasteiger partial charge >= 0.3 is 0 Å². The van der Waals surface area contributed by atoms with Crippen molar-refractivity contribution in [3.8, 4) is 17.1 Å². The molecule has 188 valence electrons. The average molecular weight is 575 g/mol. The molecule has 0 saturated carbocycles. The monoisotopic (exact) mass is 573 g/mol. The molecule has 0 spiro atoms. The number of benzene rings is 3. The summed E-state index contributed by atoms with van der Waals surface area (Å²) in [5.41, 5.74) is 1.83. The van der Waals surface area contributed by atoms with Crippen molar-refractivity contribution in [2.45, 2.75) is 0 Å². The highest BCUT2D eigenvalue weighted by atomic mass is 35.5. The first-order chi connectivity index (χ1) is 17.8. The average Bonchev–Trinajstić information content (AvgIpc) is 3.37. The number of carbonyl (C=O) groups is 2. The van der Waals surface area contributed by atoms with Crippen LogP contribution in [-0.2, 0) is 0 Å². The summed E-state index contributed by atoms with van der Waals surface area (Å²) >= 11 is 23.7. The Bertz CT molecular complexity index is 1510. The highest BCUT2D eigenvalue weighted by molar-refractivity contribution is 7.80. The molecule has 0 bridgehead atoms. The molecule has 0 atom stereocenters. The summed E-state index contributed by atoms with van der Waals surface area (Å²) in [7, 11) is 1.46. The first-order valence-corrected chi connectivity index (χ1v) is 12.2. The second-order valence-electron chi connectivity index (χ2n) is 7.52. The van der Waals surface area contributed by atoms with Gasteiger partial charge in [0.25, 0.3) is 11.8 Å². The van der Waals surface area contributed by atoms with Gasteiger partial charge in [-0.2, -0.15) is 0 Å². The Hall–Kier alpha value is -3.56. The van der Waals surface area contributed by atoms with Crippen LogP contribution in [0.4, 0.5) is 11.4 Å². The fourth-order valence-corrected chi connectivity index (χ4v) is 4.16. The number of anilines is 2. The first-order valence-electron chi connectivity index (χ1n) is 10.7. The molecule has 11 heteroatoms. The number of carbonyl (C=O) groups excluding carboxylic acids is 2. The summed E-state index contributed by atoms with van der Waals surface area (Å²) in [6.07, 6.45) is 0. The highest BCUT2D eigenvalue weighted by Gasteiger charge is 2.17. The number of amides is 2. The molecule has 3 aromatic carbocycles. The molecule has 4 aromatic rings. The Balaban J connectivity index is 1.41. The molecule has 4 rings (SSSR count). The molecule has 0 saturated heterocycles. The number of furan rings is 1. The van der Waals surface area contributed by atoms with Crippen molar-refractivity contribution in [1.29, 1.82) is 0 Å². The Morgan fingerprint density at radius 1 is 0.865 bits per heavy atom. The van der Waals surface area contributed by atoms with Crippen molar-refractivity contribution in [3.63, 3.8) is 0 Å². The molecular formula is C26H18Cl3N3O4S. The second-order valence-corrected chi connectivity index (χ2v) is 9.12. The van der Waals surface area contributed by atoms with Gasteiger partial charge in [-0.15, -0.1) is 0 Å². The predicted molar refractivity (Wildman–Crippen MR) is 150 cm³/mol. The van der Waals surface area contributed by atoms with Gasteiger partial charge in [-0.25, -0.2) is 0 Å². The predicted octanol–water partition coefficient (Wildman–Crippen LogP) is 7.29. The number of thiocarbonyl (C=S) groups is 1. The van der Waals surface area contributed by atoms with E-state index in [2.05, 4.69) is 16.0 Å². The van der Waals surface area contributed by atoms with Gasteiger partial charge in [0, 0.05) is 17.3 Å². The van der Waals surface area contributed by atoms with Crippen molar-refractivity contribution < 1.29 is 18.7 Å². The molecule has 7 nitrogen and oxygen atoms in total. The molecule has 0 aliphatic carbocycles. The lowest BCUT2D eigenvalue weighted by Gasteiger charge is -2.14. The zero-order valence-electron chi connectivity index (χ0n) is 19.1. The third kappa shape index (κ3) is 6.23. The molecule has 3 N–H and O–H groups in total. The quantitative estimate of drug-likeness (QED) is 0.209. The molecule has 1 heterocycles. The van der Waals surface area contributed by atoms with Crippen LogP contribution in [0.1, 0.15) is 20.9 Å². The van der Waals surface area contributed by atoms with E-state index in [0.29, 0.717) is 49.1 Å². The number of ether oxygens (including phenoxy) is 1. The van der Waals surface area contributed by atoms with Crippen LogP contribution in [0.25, 0.3) is 11.3 Å². The number of rotatable bonds is 6. The minimum absolute atomic E-state index is 0.0265. The number of hydrogen-bond donors (Lipinski definition) is 3. The largest absolute Gasteiger partial charge is 0.494 e. The summed E-state index contributed by atoms with van der Waals surface area (Å²) in [5.74, 6) is -0.156. The maximum absolute atomic E-state index is 12.6. The minimum Gasteiger partial charge on any atom is -0.494 e. The van der Waals surface area contributed by atoms with E-state index >= 15 is 0 Å². The summed E-state index contributed by atoms with van der Waals surface area (Å²) < 4.78 is 11.0. The van der Waals surface area contributed by atoms with Gasteiger partial charge in [-0.3, -0.25) is 14.9 Å². The fourth-order valence-electron chi connectivity index (χ4n) is 3.33. The van der Waals surface area contributed by atoms with Gasteiger partial charge in [0.05, 0.1) is 33.4 Å². The molecule has 0 aliphatic rings. The van der Waals surface area contributed by atoms with Crippen molar-refractivity contribution >= 4 is 75.3 Å². The summed E-state index contributed by atoms with van der Waals surface area (Å²) in [6.45, 7) is 0. The maximum Gasteiger partial charge on any atom is 0.293 e. The normalized spacial score (nSPS) is 10.5. The van der Waals surface area contributed by atoms with Crippen molar-refractivity contribution in [1.82, 2.24) is 5.32 Å². The molecule has 2 amide bonds. The second kappa shape index (κ2) is 11.7. The Morgan fingerprint density at radius 2 is 1.62 bits per heavy atom. The molecular weight excluding hydrogens is 557 g/mol. The number of halogens is 3. The van der Waals surface area contributed by atoms with Crippen LogP contribution in [0, 0.1) is 0 Å². The smallest absolute Gasteiger partial charge is 0.293 e. The molecule has 0 radical (unpaired) electrons. The lowest BCUT2D eigenvalue weighted by molar-refractivity contribution is 0.0950. The fraction of sp³-hybridized carbons (Fsp3) is 0.0385. The van der Waals surface area contributed by atoms with Gasteiger partial charge < -0.3 is 19.8 Å². The van der Waals surface area contributed by atoms with E-state index in [-0.39, 0.29) is 16.8 Å². The summed E-state index contributed by atoms with van der Waals surface area (Å²) in [5, 5.41) is 9.27. The van der Waals surface area contributed by atoms with Crippen LogP contribution < -0.4 is 20.7 Å². The summed E-state index contributed by atoms with van der Waals surface area (Å²) in [4.78, 5) is 25.2. The van der Waals surface area contributed by atoms with E-state index in [1.807, 2.05) is 0 Å². The SMILES string of the molecule is COc1cc(NC(=S)NC(=O)c2ccc(-c3cccc(Cl)c3Cl)o2)ccc1NC(=O)c1ccccc1Cl. The van der Waals surface area contributed by atoms with E-state index in [4.69, 9.17) is 56.2 Å². The van der Waals surface area contributed by atoms with Gasteiger partial charge in [0.15, 0.2) is 10.9 Å². The van der Waals surface area contributed by atoms with Crippen LogP contribution in [0.3, 0.4) is 0 Å². The van der Waals surface area contributed by atoms with E-state index in [1.165, 1.54) is 13.2 Å². The Morgan fingerprint density at radius 3 is 2.38 bits per heavy atom. The highest BCUT2D eigenvalue weighted by Crippen LogP contribution is 2.34. The van der Waals surface area contributed by atoms with Crippen LogP contribution in [0.2, 0.25) is 15.1 Å². The zero-order chi connectivity index (χ0) is 26.5. The van der Waals surface area contributed by atoms with Gasteiger partial charge in [0.1, 0.15) is 11.5 Å². The van der Waals surface area contributed by atoms with Crippen molar-refractivity contribution in [3.05, 3.63) is 99.2 Å². The lowest BCUT2D eigenvalue weighted by Crippen LogP contribution is -2.33. The maximum atomic E-state index is 12.6. The van der Waals surface area contributed by atoms with E-state index in [0.717, 1.165) is 0 Å². The topological polar surface area (TPSA) is 92.6 Å². The van der Waals surface area contributed by atoms with Gasteiger partial charge in [-0.1, -0.05) is 53.0 Å². The van der Waals surface area contributed by atoms with E-state index in [9.17, 15) is 9.59 Å². The number of methoxy groups -OCH3 is 1. The molecule has 37 heavy (non-hydrogen) atoms. The Kier molecular flexibility index (Phi) is 8.35. The van der Waals surface area contributed by atoms with Gasteiger partial charge in [-0.05, 0) is 60.7 Å². The number of hydrogen-bond acceptors (Lipinski definition) is 5. The lowest BCUT2D eigenvalue weighted by atomic mass is 10.2. The third-order valence-electron chi connectivity index (χ3n) is 5.10.